The number of fused-ring (bicyclic) bond motifs is 1. The Bertz CT molecular complexity index is 1020. The van der Waals surface area contributed by atoms with Crippen molar-refractivity contribution >= 4 is 26.6 Å². The Balaban J connectivity index is 2.03. The second kappa shape index (κ2) is 4.95. The van der Waals surface area contributed by atoms with Gasteiger partial charge in [0.15, 0.2) is 5.03 Å². The van der Waals surface area contributed by atoms with Gasteiger partial charge in [-0.1, -0.05) is 0 Å². The normalized spacial score (nSPS) is 11.7. The monoisotopic (exact) mass is 319 g/mol. The molecule has 0 saturated heterocycles. The van der Waals surface area contributed by atoms with Gasteiger partial charge in [-0.2, -0.15) is 13.5 Å². The van der Waals surface area contributed by atoms with Crippen molar-refractivity contribution in [2.24, 2.45) is 7.05 Å². The number of benzene rings is 1. The number of nitrogens with one attached hydrogen (secondary N) is 2. The lowest BCUT2D eigenvalue weighted by Gasteiger charge is -2.07. The SMILES string of the molecule is Cc1nc2ccc(NS(=O)(=O)c3ccn(C)n3)cc2c(=O)[nH]1. The van der Waals surface area contributed by atoms with Gasteiger partial charge < -0.3 is 4.98 Å². The topological polar surface area (TPSA) is 110 Å². The van der Waals surface area contributed by atoms with Gasteiger partial charge in [-0.15, -0.1) is 0 Å². The van der Waals surface area contributed by atoms with E-state index in [2.05, 4.69) is 19.8 Å². The summed E-state index contributed by atoms with van der Waals surface area (Å²) in [6.45, 7) is 1.68. The van der Waals surface area contributed by atoms with E-state index < -0.39 is 10.0 Å². The highest BCUT2D eigenvalue weighted by Gasteiger charge is 2.17. The first-order chi connectivity index (χ1) is 10.3. The fourth-order valence-electron chi connectivity index (χ4n) is 2.06. The largest absolute Gasteiger partial charge is 0.310 e. The van der Waals surface area contributed by atoms with Crippen LogP contribution in [0.25, 0.3) is 10.9 Å². The molecule has 0 fully saturated rings. The van der Waals surface area contributed by atoms with Crippen LogP contribution in [-0.4, -0.2) is 28.2 Å². The molecule has 0 radical (unpaired) electrons. The standard InChI is InChI=1S/C13H13N5O3S/c1-8-14-11-4-3-9(7-10(11)13(19)15-8)17-22(20,21)12-5-6-18(2)16-12/h3-7,17H,1-2H3,(H,14,15,19). The van der Waals surface area contributed by atoms with E-state index in [-0.39, 0.29) is 16.3 Å². The summed E-state index contributed by atoms with van der Waals surface area (Å²) in [5.41, 5.74) is 0.456. The Morgan fingerprint density at radius 3 is 2.73 bits per heavy atom. The quantitative estimate of drug-likeness (QED) is 0.741. The molecular weight excluding hydrogens is 306 g/mol. The third kappa shape index (κ3) is 2.58. The molecule has 22 heavy (non-hydrogen) atoms. The van der Waals surface area contributed by atoms with E-state index in [9.17, 15) is 13.2 Å². The summed E-state index contributed by atoms with van der Waals surface area (Å²) in [5.74, 6) is 0.499. The average molecular weight is 319 g/mol. The van der Waals surface area contributed by atoms with Gasteiger partial charge in [0, 0.05) is 18.9 Å². The molecule has 8 nitrogen and oxygen atoms in total. The van der Waals surface area contributed by atoms with Crippen molar-refractivity contribution < 1.29 is 8.42 Å². The molecule has 0 aliphatic rings. The van der Waals surface area contributed by atoms with Crippen molar-refractivity contribution in [3.05, 3.63) is 46.6 Å². The zero-order valence-corrected chi connectivity index (χ0v) is 12.7. The lowest BCUT2D eigenvalue weighted by Crippen LogP contribution is -2.15. The molecule has 2 aromatic heterocycles. The molecule has 0 aliphatic carbocycles. The van der Waals surface area contributed by atoms with E-state index >= 15 is 0 Å². The van der Waals surface area contributed by atoms with E-state index in [4.69, 9.17) is 0 Å². The van der Waals surface area contributed by atoms with Crippen LogP contribution in [0.2, 0.25) is 0 Å². The Labute approximate surface area is 125 Å². The highest BCUT2D eigenvalue weighted by atomic mass is 32.2. The molecule has 114 valence electrons. The summed E-state index contributed by atoms with van der Waals surface area (Å²) >= 11 is 0. The average Bonchev–Trinajstić information content (AvgIpc) is 2.87. The van der Waals surface area contributed by atoms with Gasteiger partial charge in [0.1, 0.15) is 5.82 Å². The first-order valence-electron chi connectivity index (χ1n) is 6.38. The zero-order valence-electron chi connectivity index (χ0n) is 11.9. The van der Waals surface area contributed by atoms with Crippen molar-refractivity contribution in [1.29, 1.82) is 0 Å². The smallest absolute Gasteiger partial charge is 0.281 e. The maximum atomic E-state index is 12.2. The van der Waals surface area contributed by atoms with E-state index in [1.54, 1.807) is 26.1 Å². The molecule has 0 bridgehead atoms. The maximum absolute atomic E-state index is 12.2. The van der Waals surface area contributed by atoms with Crippen LogP contribution in [-0.2, 0) is 17.1 Å². The van der Waals surface area contributed by atoms with Crippen LogP contribution in [0.4, 0.5) is 5.69 Å². The first kappa shape index (κ1) is 14.3. The van der Waals surface area contributed by atoms with Gasteiger partial charge >= 0.3 is 0 Å². The number of sulfonamides is 1. The fraction of sp³-hybridized carbons (Fsp3) is 0.154. The third-order valence-corrected chi connectivity index (χ3v) is 4.31. The van der Waals surface area contributed by atoms with E-state index in [1.165, 1.54) is 23.0 Å². The highest BCUT2D eigenvalue weighted by molar-refractivity contribution is 7.92. The lowest BCUT2D eigenvalue weighted by atomic mass is 10.2. The van der Waals surface area contributed by atoms with Gasteiger partial charge in [-0.05, 0) is 31.2 Å². The van der Waals surface area contributed by atoms with Gasteiger partial charge in [0.05, 0.1) is 10.9 Å². The second-order valence-electron chi connectivity index (χ2n) is 4.82. The van der Waals surface area contributed by atoms with Crippen LogP contribution in [0.15, 0.2) is 40.3 Å². The van der Waals surface area contributed by atoms with Crippen LogP contribution in [0, 0.1) is 6.92 Å². The molecule has 1 aromatic carbocycles. The second-order valence-corrected chi connectivity index (χ2v) is 6.45. The van der Waals surface area contributed by atoms with Crippen LogP contribution in [0.5, 0.6) is 0 Å². The third-order valence-electron chi connectivity index (χ3n) is 3.04. The number of hydrogen-bond acceptors (Lipinski definition) is 5. The molecule has 0 spiro atoms. The number of aromatic amines is 1. The van der Waals surface area contributed by atoms with Gasteiger partial charge in [-0.25, -0.2) is 4.98 Å². The van der Waals surface area contributed by atoms with Crippen LogP contribution >= 0.6 is 0 Å². The predicted molar refractivity (Wildman–Crippen MR) is 81.1 cm³/mol. The molecule has 9 heteroatoms. The van der Waals surface area contributed by atoms with Gasteiger partial charge in [-0.3, -0.25) is 14.2 Å². The van der Waals surface area contributed by atoms with Crippen molar-refractivity contribution in [3.63, 3.8) is 0 Å². The van der Waals surface area contributed by atoms with Crippen molar-refractivity contribution in [3.8, 4) is 0 Å². The van der Waals surface area contributed by atoms with Crippen molar-refractivity contribution in [2.45, 2.75) is 11.9 Å². The lowest BCUT2D eigenvalue weighted by molar-refractivity contribution is 0.593. The van der Waals surface area contributed by atoms with Gasteiger partial charge in [0.25, 0.3) is 15.6 Å². The fourth-order valence-corrected chi connectivity index (χ4v) is 3.08. The highest BCUT2D eigenvalue weighted by Crippen LogP contribution is 2.18. The maximum Gasteiger partial charge on any atom is 0.281 e. The summed E-state index contributed by atoms with van der Waals surface area (Å²) in [6, 6.07) is 5.98. The minimum absolute atomic E-state index is 0.0916. The summed E-state index contributed by atoms with van der Waals surface area (Å²) in [4.78, 5) is 18.7. The zero-order chi connectivity index (χ0) is 15.9. The van der Waals surface area contributed by atoms with E-state index in [0.717, 1.165) is 0 Å². The van der Waals surface area contributed by atoms with E-state index in [0.29, 0.717) is 16.7 Å². The van der Waals surface area contributed by atoms with Crippen LogP contribution in [0.3, 0.4) is 0 Å². The number of nitrogens with zero attached hydrogens (tertiary/aromatic N) is 3. The number of H-pyrrole nitrogens is 1. The predicted octanol–water partition coefficient (Wildman–Crippen LogP) is 0.766. The molecule has 3 rings (SSSR count). The molecule has 0 aliphatic heterocycles. The van der Waals surface area contributed by atoms with Crippen LogP contribution in [0.1, 0.15) is 5.82 Å². The molecular formula is C13H13N5O3S. The summed E-state index contributed by atoms with van der Waals surface area (Å²) in [7, 11) is -2.17. The van der Waals surface area contributed by atoms with E-state index in [1.807, 2.05) is 0 Å². The molecule has 0 amide bonds. The summed E-state index contributed by atoms with van der Waals surface area (Å²) in [5, 5.41) is 4.08. The summed E-state index contributed by atoms with van der Waals surface area (Å²) < 4.78 is 28.2. The Morgan fingerprint density at radius 1 is 1.27 bits per heavy atom. The number of aromatic nitrogens is 4. The van der Waals surface area contributed by atoms with Crippen LogP contribution < -0.4 is 10.3 Å². The molecule has 3 aromatic rings. The Morgan fingerprint density at radius 2 is 2.05 bits per heavy atom. The molecule has 2 heterocycles. The molecule has 2 N–H and O–H groups in total. The minimum Gasteiger partial charge on any atom is -0.310 e. The summed E-state index contributed by atoms with van der Waals surface area (Å²) in [6.07, 6.45) is 1.53. The molecule has 0 unspecified atom stereocenters. The molecule has 0 saturated carbocycles. The minimum atomic E-state index is -3.80. The molecule has 0 atom stereocenters. The number of anilines is 1. The Kier molecular flexibility index (Phi) is 3.21. The van der Waals surface area contributed by atoms with Gasteiger partial charge in [0.2, 0.25) is 0 Å². The Hall–Kier alpha value is -2.68. The number of rotatable bonds is 3. The first-order valence-corrected chi connectivity index (χ1v) is 7.87. The number of aryl methyl sites for hydroxylation is 2. The number of hydrogen-bond donors (Lipinski definition) is 2. The van der Waals surface area contributed by atoms with Crippen molar-refractivity contribution in [2.75, 3.05) is 4.72 Å². The van der Waals surface area contributed by atoms with Crippen molar-refractivity contribution in [1.82, 2.24) is 19.7 Å².